The Kier molecular flexibility index (Phi) is 7.06. The summed E-state index contributed by atoms with van der Waals surface area (Å²) in [4.78, 5) is 30.5. The number of nitrogens with zero attached hydrogens (tertiary/aromatic N) is 1. The van der Waals surface area contributed by atoms with Gasteiger partial charge in [0.05, 0.1) is 0 Å². The predicted molar refractivity (Wildman–Crippen MR) is 117 cm³/mol. The van der Waals surface area contributed by atoms with Gasteiger partial charge >= 0.3 is 0 Å². The summed E-state index contributed by atoms with van der Waals surface area (Å²) in [6.45, 7) is 6.12. The molecule has 2 amide bonds. The number of fused-ring (bicyclic) bond motifs is 1. The molecule has 0 saturated carbocycles. The molecule has 0 radical (unpaired) electrons. The summed E-state index contributed by atoms with van der Waals surface area (Å²) in [6, 6.07) is 15.1. The number of rotatable bonds is 9. The van der Waals surface area contributed by atoms with Crippen molar-refractivity contribution in [2.75, 3.05) is 19.6 Å². The first-order valence-corrected chi connectivity index (χ1v) is 10.4. The second-order valence-corrected chi connectivity index (χ2v) is 7.24. The molecule has 29 heavy (non-hydrogen) atoms. The lowest BCUT2D eigenvalue weighted by Gasteiger charge is -2.21. The third kappa shape index (κ3) is 5.05. The highest BCUT2D eigenvalue weighted by Crippen LogP contribution is 2.17. The lowest BCUT2D eigenvalue weighted by atomic mass is 10.1. The average molecular weight is 392 g/mol. The molecular formula is C24H29N3O2. The van der Waals surface area contributed by atoms with Gasteiger partial charge in [-0.3, -0.25) is 9.59 Å². The van der Waals surface area contributed by atoms with E-state index in [4.69, 9.17) is 0 Å². The maximum atomic E-state index is 12.8. The van der Waals surface area contributed by atoms with E-state index in [1.54, 1.807) is 24.3 Å². The van der Waals surface area contributed by atoms with Gasteiger partial charge < -0.3 is 15.2 Å². The zero-order valence-corrected chi connectivity index (χ0v) is 17.2. The normalized spacial score (nSPS) is 10.8. The number of H-pyrrole nitrogens is 1. The second kappa shape index (κ2) is 9.92. The second-order valence-electron chi connectivity index (χ2n) is 7.24. The summed E-state index contributed by atoms with van der Waals surface area (Å²) in [6.07, 6.45) is 4.57. The van der Waals surface area contributed by atoms with Crippen molar-refractivity contribution in [2.45, 2.75) is 33.1 Å². The zero-order chi connectivity index (χ0) is 20.6. The highest BCUT2D eigenvalue weighted by atomic mass is 16.2. The molecule has 3 aromatic rings. The van der Waals surface area contributed by atoms with E-state index >= 15 is 0 Å². The van der Waals surface area contributed by atoms with Crippen molar-refractivity contribution < 1.29 is 9.59 Å². The van der Waals surface area contributed by atoms with Gasteiger partial charge in [0.2, 0.25) is 0 Å². The molecule has 0 aliphatic rings. The third-order valence-corrected chi connectivity index (χ3v) is 5.00. The minimum Gasteiger partial charge on any atom is -0.361 e. The van der Waals surface area contributed by atoms with Gasteiger partial charge in [-0.15, -0.1) is 0 Å². The smallest absolute Gasteiger partial charge is 0.253 e. The van der Waals surface area contributed by atoms with Gasteiger partial charge in [-0.05, 0) is 49.1 Å². The molecule has 0 spiro atoms. The molecule has 152 valence electrons. The Labute approximate surface area is 172 Å². The van der Waals surface area contributed by atoms with Gasteiger partial charge in [0.15, 0.2) is 0 Å². The van der Waals surface area contributed by atoms with Crippen molar-refractivity contribution in [1.29, 1.82) is 0 Å². The van der Waals surface area contributed by atoms with E-state index in [0.717, 1.165) is 37.9 Å². The van der Waals surface area contributed by atoms with Gasteiger partial charge in [0, 0.05) is 47.9 Å². The summed E-state index contributed by atoms with van der Waals surface area (Å²) in [5.74, 6) is -0.167. The number of nitrogens with one attached hydrogen (secondary N) is 2. The lowest BCUT2D eigenvalue weighted by Crippen LogP contribution is -2.33. The van der Waals surface area contributed by atoms with Gasteiger partial charge in [0.1, 0.15) is 0 Å². The van der Waals surface area contributed by atoms with E-state index in [-0.39, 0.29) is 11.8 Å². The molecule has 0 saturated heterocycles. The Morgan fingerprint density at radius 3 is 2.45 bits per heavy atom. The quantitative estimate of drug-likeness (QED) is 0.568. The number of carbonyl (C=O) groups is 2. The molecule has 0 aliphatic heterocycles. The van der Waals surface area contributed by atoms with Crippen molar-refractivity contribution in [2.24, 2.45) is 0 Å². The Morgan fingerprint density at radius 2 is 1.69 bits per heavy atom. The molecule has 5 nitrogen and oxygen atoms in total. The molecule has 0 fully saturated rings. The van der Waals surface area contributed by atoms with Crippen LogP contribution in [0.5, 0.6) is 0 Å². The van der Waals surface area contributed by atoms with Crippen LogP contribution in [-0.2, 0) is 6.42 Å². The topological polar surface area (TPSA) is 65.2 Å². The van der Waals surface area contributed by atoms with Crippen LogP contribution in [0.2, 0.25) is 0 Å². The summed E-state index contributed by atoms with van der Waals surface area (Å²) < 4.78 is 0. The van der Waals surface area contributed by atoms with Crippen LogP contribution in [0.1, 0.15) is 53.0 Å². The summed E-state index contributed by atoms with van der Waals surface area (Å²) >= 11 is 0. The summed E-state index contributed by atoms with van der Waals surface area (Å²) in [5.41, 5.74) is 3.36. The standard InChI is InChI=1S/C24H29N3O2/c1-3-14-27(15-4-2)24(29)19-9-7-8-18(16-19)23(28)25-13-12-20-17-26-22-11-6-5-10-21(20)22/h5-11,16-17,26H,3-4,12-15H2,1-2H3,(H,25,28). The third-order valence-electron chi connectivity index (χ3n) is 5.00. The molecule has 5 heteroatoms. The Balaban J connectivity index is 1.62. The minimum absolute atomic E-state index is 0.0119. The van der Waals surface area contributed by atoms with Gasteiger partial charge in [0.25, 0.3) is 11.8 Å². The molecular weight excluding hydrogens is 362 g/mol. The number of amides is 2. The van der Waals surface area contributed by atoms with Crippen LogP contribution in [0.25, 0.3) is 10.9 Å². The number of hydrogen-bond donors (Lipinski definition) is 2. The van der Waals surface area contributed by atoms with Gasteiger partial charge in [-0.1, -0.05) is 38.1 Å². The fraction of sp³-hybridized carbons (Fsp3) is 0.333. The van der Waals surface area contributed by atoms with Crippen LogP contribution in [0.15, 0.2) is 54.7 Å². The van der Waals surface area contributed by atoms with E-state index in [9.17, 15) is 9.59 Å². The first-order chi connectivity index (χ1) is 14.1. The van der Waals surface area contributed by atoms with E-state index < -0.39 is 0 Å². The van der Waals surface area contributed by atoms with Crippen molar-refractivity contribution >= 4 is 22.7 Å². The highest BCUT2D eigenvalue weighted by molar-refractivity contribution is 5.99. The molecule has 3 rings (SSSR count). The van der Waals surface area contributed by atoms with Crippen molar-refractivity contribution in [1.82, 2.24) is 15.2 Å². The number of aromatic nitrogens is 1. The zero-order valence-electron chi connectivity index (χ0n) is 17.2. The minimum atomic E-state index is -0.156. The summed E-state index contributed by atoms with van der Waals surface area (Å²) in [5, 5.41) is 4.15. The molecule has 1 heterocycles. The summed E-state index contributed by atoms with van der Waals surface area (Å²) in [7, 11) is 0. The average Bonchev–Trinajstić information content (AvgIpc) is 3.16. The van der Waals surface area contributed by atoms with Crippen molar-refractivity contribution in [3.63, 3.8) is 0 Å². The number of benzene rings is 2. The lowest BCUT2D eigenvalue weighted by molar-refractivity contribution is 0.0755. The number of para-hydroxylation sites is 1. The van der Waals surface area contributed by atoms with E-state index in [2.05, 4.69) is 30.2 Å². The number of hydrogen-bond acceptors (Lipinski definition) is 2. The van der Waals surface area contributed by atoms with Crippen LogP contribution in [0.3, 0.4) is 0 Å². The number of carbonyl (C=O) groups excluding carboxylic acids is 2. The van der Waals surface area contributed by atoms with Crippen LogP contribution >= 0.6 is 0 Å². The first kappa shape index (κ1) is 20.6. The fourth-order valence-corrected chi connectivity index (χ4v) is 3.58. The van der Waals surface area contributed by atoms with Crippen LogP contribution in [0, 0.1) is 0 Å². The highest BCUT2D eigenvalue weighted by Gasteiger charge is 2.16. The maximum absolute atomic E-state index is 12.8. The van der Waals surface area contributed by atoms with Crippen molar-refractivity contribution in [3.05, 3.63) is 71.4 Å². The molecule has 0 unspecified atom stereocenters. The maximum Gasteiger partial charge on any atom is 0.253 e. The molecule has 0 bridgehead atoms. The fourth-order valence-electron chi connectivity index (χ4n) is 3.58. The van der Waals surface area contributed by atoms with Gasteiger partial charge in [-0.25, -0.2) is 0 Å². The molecule has 1 aromatic heterocycles. The van der Waals surface area contributed by atoms with Crippen LogP contribution in [0.4, 0.5) is 0 Å². The van der Waals surface area contributed by atoms with Gasteiger partial charge in [-0.2, -0.15) is 0 Å². The largest absolute Gasteiger partial charge is 0.361 e. The molecule has 0 atom stereocenters. The molecule has 0 aliphatic carbocycles. The van der Waals surface area contributed by atoms with Crippen LogP contribution < -0.4 is 5.32 Å². The number of aromatic amines is 1. The molecule has 2 N–H and O–H groups in total. The van der Waals surface area contributed by atoms with Crippen LogP contribution in [-0.4, -0.2) is 41.3 Å². The monoisotopic (exact) mass is 391 g/mol. The van der Waals surface area contributed by atoms with E-state index in [0.29, 0.717) is 17.7 Å². The van der Waals surface area contributed by atoms with E-state index in [1.165, 1.54) is 10.9 Å². The van der Waals surface area contributed by atoms with Crippen molar-refractivity contribution in [3.8, 4) is 0 Å². The predicted octanol–water partition coefficient (Wildman–Crippen LogP) is 4.40. The Morgan fingerprint density at radius 1 is 0.966 bits per heavy atom. The van der Waals surface area contributed by atoms with E-state index in [1.807, 2.05) is 29.3 Å². The Hall–Kier alpha value is -3.08. The molecule has 2 aromatic carbocycles. The Bertz CT molecular complexity index is 971. The first-order valence-electron chi connectivity index (χ1n) is 10.4. The SMILES string of the molecule is CCCN(CCC)C(=O)c1cccc(C(=O)NCCc2c[nH]c3ccccc23)c1.